The first-order chi connectivity index (χ1) is 38.1. The van der Waals surface area contributed by atoms with Gasteiger partial charge < -0.3 is 37.9 Å². The van der Waals surface area contributed by atoms with Crippen molar-refractivity contribution in [3.05, 3.63) is 131 Å². The Hall–Kier alpha value is -8.59. The van der Waals surface area contributed by atoms with E-state index in [0.29, 0.717) is 97.9 Å². The number of ether oxygens (including phenoxy) is 8. The number of carbonyl (C=O) groups excluding carboxylic acids is 8. The molecule has 20 nitrogen and oxygen atoms in total. The van der Waals surface area contributed by atoms with Crippen molar-refractivity contribution in [1.82, 2.24) is 4.98 Å². The second-order valence-electron chi connectivity index (χ2n) is 18.8. The van der Waals surface area contributed by atoms with Crippen molar-refractivity contribution in [3.8, 4) is 33.6 Å². The van der Waals surface area contributed by atoms with Gasteiger partial charge in [0, 0.05) is 29.3 Å². The number of benzene rings is 4. The molecule has 1 aromatic heterocycles. The Bertz CT molecular complexity index is 2910. The molecule has 0 radical (unpaired) electrons. The highest BCUT2D eigenvalue weighted by atomic mass is 32.1. The van der Waals surface area contributed by atoms with Crippen LogP contribution in [0.1, 0.15) is 103 Å². The normalized spacial score (nSPS) is 16.8. The second kappa shape index (κ2) is 28.2. The summed E-state index contributed by atoms with van der Waals surface area (Å²) >= 11 is 1.15. The first-order valence-electron chi connectivity index (χ1n) is 25.8. The first kappa shape index (κ1) is 58.1. The molecule has 0 spiro atoms. The summed E-state index contributed by atoms with van der Waals surface area (Å²) in [4.78, 5) is 117. The van der Waals surface area contributed by atoms with Crippen molar-refractivity contribution in [1.29, 1.82) is 0 Å². The van der Waals surface area contributed by atoms with Gasteiger partial charge in [0.25, 0.3) is 5.69 Å². The molecule has 79 heavy (non-hydrogen) atoms. The molecule has 0 aliphatic heterocycles. The molecule has 2 fully saturated rings. The third kappa shape index (κ3) is 16.2. The lowest BCUT2D eigenvalue weighted by atomic mass is 9.82. The number of nitrogens with zero attached hydrogens (tertiary/aromatic N) is 2. The number of aryl methyl sites for hydroxylation is 1. The summed E-state index contributed by atoms with van der Waals surface area (Å²) in [6, 6.07) is 19.5. The van der Waals surface area contributed by atoms with Crippen LogP contribution >= 0.6 is 11.3 Å². The predicted molar refractivity (Wildman–Crippen MR) is 284 cm³/mol. The van der Waals surface area contributed by atoms with E-state index in [1.807, 2.05) is 0 Å². The van der Waals surface area contributed by atoms with E-state index in [9.17, 15) is 48.5 Å². The third-order valence-corrected chi connectivity index (χ3v) is 14.4. The minimum absolute atomic E-state index is 0.0748. The molecule has 21 heteroatoms. The van der Waals surface area contributed by atoms with Gasteiger partial charge in [0.1, 0.15) is 26.7 Å². The van der Waals surface area contributed by atoms with Crippen LogP contribution in [0.15, 0.2) is 104 Å². The second-order valence-corrected chi connectivity index (χ2v) is 19.8. The molecule has 0 saturated heterocycles. The topological polar surface area (TPSA) is 266 Å². The van der Waals surface area contributed by atoms with Crippen molar-refractivity contribution < 1.29 is 81.2 Å². The molecule has 0 amide bonds. The highest BCUT2D eigenvalue weighted by molar-refractivity contribution is 7.22. The number of aromatic nitrogens is 1. The highest BCUT2D eigenvalue weighted by Crippen LogP contribution is 2.43. The maximum Gasteiger partial charge on any atom is 0.338 e. The van der Waals surface area contributed by atoms with E-state index in [0.717, 1.165) is 23.5 Å². The Balaban J connectivity index is 0.914. The van der Waals surface area contributed by atoms with Crippen LogP contribution in [-0.2, 0) is 47.7 Å². The quantitative estimate of drug-likeness (QED) is 0.0106. The average molecular weight is 1100 g/mol. The number of nitro groups is 1. The maximum absolute atomic E-state index is 13.8. The lowest BCUT2D eigenvalue weighted by Crippen LogP contribution is -2.30. The Morgan fingerprint density at radius 3 is 1.35 bits per heavy atom. The number of nitro benzene ring substituents is 1. The minimum atomic E-state index is -0.561. The van der Waals surface area contributed by atoms with Crippen LogP contribution in [0.3, 0.4) is 0 Å². The average Bonchev–Trinajstić information content (AvgIpc) is 4.16. The molecule has 0 bridgehead atoms. The van der Waals surface area contributed by atoms with E-state index < -0.39 is 76.3 Å². The molecule has 2 saturated carbocycles. The zero-order valence-corrected chi connectivity index (χ0v) is 44.2. The molecular weight excluding hydrogens is 1040 g/mol. The van der Waals surface area contributed by atoms with Crippen LogP contribution in [0, 0.1) is 40.7 Å². The fourth-order valence-electron chi connectivity index (χ4n) is 8.84. The van der Waals surface area contributed by atoms with E-state index in [1.165, 1.54) is 66.7 Å². The predicted octanol–water partition coefficient (Wildman–Crippen LogP) is 10.1. The fraction of sp³-hybridized carbons (Fsp3) is 0.362. The summed E-state index contributed by atoms with van der Waals surface area (Å²) in [6.45, 7) is 8.89. The molecule has 0 unspecified atom stereocenters. The standard InChI is InChI=1S/C58H58N2O18S/c1-4-48(61)71-30-6-8-32-73-53(63)36-18-23-43(24-19-36)75-55(65)38-10-14-40(15-11-38)57(67)77-46-28-29-47(51-50(46)59-52(79-51)42-22-27-45(60(69)70)35(3)34-42)78-58(68)41-16-12-39(13-17-41)56(66)76-44-25-20-37(21-26-44)54(64)74-33-9-7-31-72-49(62)5-2/h4-5,18-29,34,38-41H,1-2,6-17,30-33H2,3H3. The van der Waals surface area contributed by atoms with Crippen LogP contribution in [-0.4, -0.2) is 84.1 Å². The number of fused-ring (bicyclic) bond motifs is 1. The first-order valence-corrected chi connectivity index (χ1v) is 26.6. The van der Waals surface area contributed by atoms with Crippen molar-refractivity contribution in [3.63, 3.8) is 0 Å². The van der Waals surface area contributed by atoms with E-state index in [1.54, 1.807) is 19.1 Å². The Labute approximate surface area is 458 Å². The Morgan fingerprint density at radius 1 is 0.557 bits per heavy atom. The summed E-state index contributed by atoms with van der Waals surface area (Å²) in [7, 11) is 0. The number of esters is 8. The van der Waals surface area contributed by atoms with Crippen molar-refractivity contribution in [2.24, 2.45) is 23.7 Å². The zero-order chi connectivity index (χ0) is 56.4. The molecule has 2 aliphatic carbocycles. The number of hydrogen-bond donors (Lipinski definition) is 0. The van der Waals surface area contributed by atoms with Crippen molar-refractivity contribution in [2.45, 2.75) is 84.0 Å². The molecule has 2 aliphatic rings. The lowest BCUT2D eigenvalue weighted by molar-refractivity contribution is -0.385. The van der Waals surface area contributed by atoms with E-state index >= 15 is 0 Å². The van der Waals surface area contributed by atoms with E-state index in [-0.39, 0.29) is 71.8 Å². The smallest absolute Gasteiger partial charge is 0.338 e. The third-order valence-electron chi connectivity index (χ3n) is 13.3. The number of rotatable bonds is 24. The summed E-state index contributed by atoms with van der Waals surface area (Å²) < 4.78 is 44.0. The molecule has 0 atom stereocenters. The molecule has 414 valence electrons. The van der Waals surface area contributed by atoms with Crippen LogP contribution in [0.4, 0.5) is 5.69 Å². The van der Waals surface area contributed by atoms with Gasteiger partial charge >= 0.3 is 47.8 Å². The van der Waals surface area contributed by atoms with Crippen LogP contribution in [0.5, 0.6) is 23.0 Å². The lowest BCUT2D eigenvalue weighted by Gasteiger charge is -2.26. The SMILES string of the molecule is C=CC(=O)OCCCCOC(=O)c1ccc(OC(=O)C2CCC(C(=O)Oc3ccc(OC(=O)C4CCC(C(=O)Oc5ccc(C(=O)OCCCCOC(=O)C=C)cc5)CC4)c4sc(-c5ccc([N+](=O)[O-])c(C)c5)nc34)CC2)cc1. The van der Waals surface area contributed by atoms with Gasteiger partial charge in [-0.15, -0.1) is 11.3 Å². The number of carbonyl (C=O) groups is 8. The zero-order valence-electron chi connectivity index (χ0n) is 43.3. The van der Waals surface area contributed by atoms with Crippen LogP contribution in [0.2, 0.25) is 0 Å². The summed E-state index contributed by atoms with van der Waals surface area (Å²) in [5.74, 6) is -5.54. The Morgan fingerprint density at radius 2 is 0.949 bits per heavy atom. The van der Waals surface area contributed by atoms with Crippen molar-refractivity contribution >= 4 is 75.0 Å². The van der Waals surface area contributed by atoms with Gasteiger partial charge in [0.2, 0.25) is 0 Å². The van der Waals surface area contributed by atoms with E-state index in [2.05, 4.69) is 13.2 Å². The summed E-state index contributed by atoms with van der Waals surface area (Å²) in [6.07, 6.45) is 6.86. The largest absolute Gasteiger partial charge is 0.463 e. The van der Waals surface area contributed by atoms with Crippen LogP contribution in [0.25, 0.3) is 20.8 Å². The number of unbranched alkanes of at least 4 members (excludes halogenated alkanes) is 2. The monoisotopic (exact) mass is 1100 g/mol. The fourth-order valence-corrected chi connectivity index (χ4v) is 9.87. The van der Waals surface area contributed by atoms with E-state index in [4.69, 9.17) is 42.9 Å². The minimum Gasteiger partial charge on any atom is -0.463 e. The van der Waals surface area contributed by atoms with Gasteiger partial charge in [-0.3, -0.25) is 29.3 Å². The van der Waals surface area contributed by atoms with Gasteiger partial charge in [-0.05, 0) is 157 Å². The Kier molecular flexibility index (Phi) is 20.7. The van der Waals surface area contributed by atoms with Gasteiger partial charge in [-0.25, -0.2) is 24.2 Å². The number of thiazole rings is 1. The van der Waals surface area contributed by atoms with Gasteiger partial charge in [0.15, 0.2) is 11.5 Å². The maximum atomic E-state index is 13.8. The molecule has 0 N–H and O–H groups in total. The van der Waals surface area contributed by atoms with Gasteiger partial charge in [-0.2, -0.15) is 0 Å². The van der Waals surface area contributed by atoms with Crippen molar-refractivity contribution in [2.75, 3.05) is 26.4 Å². The molecule has 5 aromatic rings. The molecule has 4 aromatic carbocycles. The number of hydrogen-bond acceptors (Lipinski definition) is 20. The van der Waals surface area contributed by atoms with Gasteiger partial charge in [-0.1, -0.05) is 13.2 Å². The molecule has 1 heterocycles. The van der Waals surface area contributed by atoms with Crippen LogP contribution < -0.4 is 18.9 Å². The van der Waals surface area contributed by atoms with Gasteiger partial charge in [0.05, 0.1) is 66.1 Å². The molecule has 7 rings (SSSR count). The highest BCUT2D eigenvalue weighted by Gasteiger charge is 2.35. The molecular formula is C58H58N2O18S. The summed E-state index contributed by atoms with van der Waals surface area (Å²) in [5.41, 5.74) is 1.63. The summed E-state index contributed by atoms with van der Waals surface area (Å²) in [5, 5.41) is 12.0.